The average Bonchev–Trinajstić information content (AvgIpc) is 2.64. The molecular formula is C21H26ClN3O2. The van der Waals surface area contributed by atoms with Crippen LogP contribution in [0.2, 0.25) is 5.02 Å². The van der Waals surface area contributed by atoms with Gasteiger partial charge in [0.15, 0.2) is 6.61 Å². The van der Waals surface area contributed by atoms with Crippen molar-refractivity contribution in [1.82, 2.24) is 4.90 Å². The number of carbonyl (C=O) groups is 1. The molecule has 6 heteroatoms. The Morgan fingerprint density at radius 3 is 2.56 bits per heavy atom. The lowest BCUT2D eigenvalue weighted by molar-refractivity contribution is -0.118. The zero-order valence-electron chi connectivity index (χ0n) is 16.1. The number of nitrogens with one attached hydrogen (secondary N) is 1. The number of carbonyl (C=O) groups excluding carboxylic acids is 1. The molecule has 0 aromatic heterocycles. The molecule has 0 bridgehead atoms. The summed E-state index contributed by atoms with van der Waals surface area (Å²) in [5.74, 6) is 0.490. The minimum absolute atomic E-state index is 0.0445. The molecule has 2 aromatic carbocycles. The first-order chi connectivity index (χ1) is 12.9. The van der Waals surface area contributed by atoms with E-state index < -0.39 is 0 Å². The van der Waals surface area contributed by atoms with E-state index >= 15 is 0 Å². The molecule has 0 saturated carbocycles. The van der Waals surface area contributed by atoms with Crippen molar-refractivity contribution in [3.63, 3.8) is 0 Å². The van der Waals surface area contributed by atoms with Crippen LogP contribution in [-0.4, -0.2) is 50.6 Å². The fourth-order valence-corrected chi connectivity index (χ4v) is 3.40. The quantitative estimate of drug-likeness (QED) is 0.849. The highest BCUT2D eigenvalue weighted by molar-refractivity contribution is 6.34. The summed E-state index contributed by atoms with van der Waals surface area (Å²) < 4.78 is 5.64. The van der Waals surface area contributed by atoms with Crippen LogP contribution in [0.3, 0.4) is 0 Å². The molecular weight excluding hydrogens is 362 g/mol. The monoisotopic (exact) mass is 387 g/mol. The Kier molecular flexibility index (Phi) is 6.24. The van der Waals surface area contributed by atoms with Crippen LogP contribution >= 0.6 is 11.6 Å². The maximum Gasteiger partial charge on any atom is 0.262 e. The SMILES string of the molecule is Cc1ccc(OCC(=O)Nc2cccc(Cl)c2N2CCN(C)CC2)cc1C. The number of likely N-dealkylation sites (N-methyl/N-ethyl adjacent to an activating group) is 1. The van der Waals surface area contributed by atoms with Crippen LogP contribution in [0.5, 0.6) is 5.75 Å². The summed E-state index contributed by atoms with van der Waals surface area (Å²) in [6.07, 6.45) is 0. The number of hydrogen-bond acceptors (Lipinski definition) is 4. The van der Waals surface area contributed by atoms with Gasteiger partial charge in [0.25, 0.3) is 5.91 Å². The predicted octanol–water partition coefficient (Wildman–Crippen LogP) is 3.73. The van der Waals surface area contributed by atoms with E-state index in [-0.39, 0.29) is 12.5 Å². The van der Waals surface area contributed by atoms with Crippen LogP contribution < -0.4 is 15.0 Å². The summed E-state index contributed by atoms with van der Waals surface area (Å²) in [6.45, 7) is 7.71. The second-order valence-electron chi connectivity index (χ2n) is 7.01. The van der Waals surface area contributed by atoms with Gasteiger partial charge in [-0.1, -0.05) is 23.7 Å². The smallest absolute Gasteiger partial charge is 0.262 e. The fourth-order valence-electron chi connectivity index (χ4n) is 3.11. The third-order valence-corrected chi connectivity index (χ3v) is 5.23. The second kappa shape index (κ2) is 8.63. The number of nitrogens with zero attached hydrogens (tertiary/aromatic N) is 2. The van der Waals surface area contributed by atoms with Crippen molar-refractivity contribution >= 4 is 28.9 Å². The van der Waals surface area contributed by atoms with Crippen LogP contribution in [0.1, 0.15) is 11.1 Å². The molecule has 0 aliphatic carbocycles. The van der Waals surface area contributed by atoms with Crippen molar-refractivity contribution in [2.75, 3.05) is 50.1 Å². The molecule has 0 atom stereocenters. The number of hydrogen-bond donors (Lipinski definition) is 1. The molecule has 144 valence electrons. The first-order valence-corrected chi connectivity index (χ1v) is 9.54. The molecule has 1 amide bonds. The first kappa shape index (κ1) is 19.5. The van der Waals surface area contributed by atoms with E-state index in [0.29, 0.717) is 10.8 Å². The summed E-state index contributed by atoms with van der Waals surface area (Å²) in [4.78, 5) is 16.9. The highest BCUT2D eigenvalue weighted by Gasteiger charge is 2.20. The Labute approximate surface area is 165 Å². The van der Waals surface area contributed by atoms with Gasteiger partial charge in [-0.15, -0.1) is 0 Å². The van der Waals surface area contributed by atoms with Gasteiger partial charge in [-0.05, 0) is 56.3 Å². The molecule has 1 heterocycles. The van der Waals surface area contributed by atoms with Gasteiger partial charge in [0, 0.05) is 26.2 Å². The van der Waals surface area contributed by atoms with E-state index in [1.54, 1.807) is 0 Å². The largest absolute Gasteiger partial charge is 0.484 e. The zero-order valence-corrected chi connectivity index (χ0v) is 16.8. The number of benzene rings is 2. The molecule has 27 heavy (non-hydrogen) atoms. The lowest BCUT2D eigenvalue weighted by Gasteiger charge is -2.35. The van der Waals surface area contributed by atoms with Gasteiger partial charge < -0.3 is 19.9 Å². The second-order valence-corrected chi connectivity index (χ2v) is 7.42. The number of halogens is 1. The van der Waals surface area contributed by atoms with E-state index in [1.807, 2.05) is 50.2 Å². The summed E-state index contributed by atoms with van der Waals surface area (Å²) in [5.41, 5.74) is 3.94. The van der Waals surface area contributed by atoms with Crippen molar-refractivity contribution in [2.24, 2.45) is 0 Å². The first-order valence-electron chi connectivity index (χ1n) is 9.16. The summed E-state index contributed by atoms with van der Waals surface area (Å²) >= 11 is 6.45. The molecule has 1 aliphatic rings. The number of rotatable bonds is 5. The number of amides is 1. The summed E-state index contributed by atoms with van der Waals surface area (Å²) in [6, 6.07) is 11.4. The van der Waals surface area contributed by atoms with E-state index in [4.69, 9.17) is 16.3 Å². The lowest BCUT2D eigenvalue weighted by atomic mass is 10.1. The predicted molar refractivity (Wildman–Crippen MR) is 111 cm³/mol. The molecule has 0 spiro atoms. The third kappa shape index (κ3) is 4.93. The van der Waals surface area contributed by atoms with Crippen molar-refractivity contribution in [2.45, 2.75) is 13.8 Å². The number of ether oxygens (including phenoxy) is 1. The molecule has 1 aliphatic heterocycles. The number of para-hydroxylation sites is 1. The van der Waals surface area contributed by atoms with Crippen LogP contribution in [0.4, 0.5) is 11.4 Å². The summed E-state index contributed by atoms with van der Waals surface area (Å²) in [5, 5.41) is 3.60. The van der Waals surface area contributed by atoms with Crippen LogP contribution in [-0.2, 0) is 4.79 Å². The van der Waals surface area contributed by atoms with Gasteiger partial charge in [-0.3, -0.25) is 4.79 Å². The fraction of sp³-hybridized carbons (Fsp3) is 0.381. The molecule has 2 aromatic rings. The van der Waals surface area contributed by atoms with E-state index in [9.17, 15) is 4.79 Å². The maximum absolute atomic E-state index is 12.4. The van der Waals surface area contributed by atoms with Crippen LogP contribution in [0.15, 0.2) is 36.4 Å². The molecule has 0 unspecified atom stereocenters. The van der Waals surface area contributed by atoms with E-state index in [2.05, 4.69) is 22.2 Å². The molecule has 1 fully saturated rings. The van der Waals surface area contributed by atoms with Crippen LogP contribution in [0.25, 0.3) is 0 Å². The average molecular weight is 388 g/mol. The van der Waals surface area contributed by atoms with Crippen molar-refractivity contribution < 1.29 is 9.53 Å². The highest BCUT2D eigenvalue weighted by Crippen LogP contribution is 2.34. The van der Waals surface area contributed by atoms with Crippen molar-refractivity contribution in [3.05, 3.63) is 52.5 Å². The third-order valence-electron chi connectivity index (χ3n) is 4.93. The van der Waals surface area contributed by atoms with Gasteiger partial charge in [-0.2, -0.15) is 0 Å². The Morgan fingerprint density at radius 1 is 1.11 bits per heavy atom. The van der Waals surface area contributed by atoms with E-state index in [0.717, 1.165) is 43.1 Å². The Bertz CT molecular complexity index is 817. The minimum Gasteiger partial charge on any atom is -0.484 e. The van der Waals surface area contributed by atoms with Gasteiger partial charge in [0.05, 0.1) is 16.4 Å². The number of anilines is 2. The zero-order chi connectivity index (χ0) is 19.4. The molecule has 1 N–H and O–H groups in total. The Morgan fingerprint density at radius 2 is 1.85 bits per heavy atom. The number of aryl methyl sites for hydroxylation is 2. The molecule has 0 radical (unpaired) electrons. The summed E-state index contributed by atoms with van der Waals surface area (Å²) in [7, 11) is 2.11. The lowest BCUT2D eigenvalue weighted by Crippen LogP contribution is -2.45. The standard InChI is InChI=1S/C21H26ClN3O2/c1-15-7-8-17(13-16(15)2)27-14-20(26)23-19-6-4-5-18(22)21(19)25-11-9-24(3)10-12-25/h4-8,13H,9-12,14H2,1-3H3,(H,23,26). The normalized spacial score (nSPS) is 14.9. The van der Waals surface area contributed by atoms with Gasteiger partial charge >= 0.3 is 0 Å². The van der Waals surface area contributed by atoms with E-state index in [1.165, 1.54) is 5.56 Å². The molecule has 1 saturated heterocycles. The number of piperazine rings is 1. The highest BCUT2D eigenvalue weighted by atomic mass is 35.5. The van der Waals surface area contributed by atoms with Crippen molar-refractivity contribution in [3.8, 4) is 5.75 Å². The Balaban J connectivity index is 1.67. The maximum atomic E-state index is 12.4. The van der Waals surface area contributed by atoms with Gasteiger partial charge in [0.2, 0.25) is 0 Å². The van der Waals surface area contributed by atoms with Gasteiger partial charge in [0.1, 0.15) is 5.75 Å². The topological polar surface area (TPSA) is 44.8 Å². The molecule has 3 rings (SSSR count). The minimum atomic E-state index is -0.203. The van der Waals surface area contributed by atoms with Crippen molar-refractivity contribution in [1.29, 1.82) is 0 Å². The van der Waals surface area contributed by atoms with Crippen LogP contribution in [0, 0.1) is 13.8 Å². The van der Waals surface area contributed by atoms with Gasteiger partial charge in [-0.25, -0.2) is 0 Å². The Hall–Kier alpha value is -2.24. The molecule has 5 nitrogen and oxygen atoms in total.